The first-order valence-electron chi connectivity index (χ1n) is 8.77. The molecule has 2 unspecified atom stereocenters. The topological polar surface area (TPSA) is 71.4 Å². The molecule has 6 heteroatoms. The number of hydrogen-bond acceptors (Lipinski definition) is 4. The monoisotopic (exact) mass is 364 g/mol. The van der Waals surface area contributed by atoms with Crippen molar-refractivity contribution in [2.24, 2.45) is 0 Å². The molecule has 1 aliphatic rings. The van der Waals surface area contributed by atoms with Crippen LogP contribution in [0.5, 0.6) is 0 Å². The number of benzene rings is 2. The third-order valence-electron chi connectivity index (χ3n) is 5.25. The lowest BCUT2D eigenvalue weighted by Gasteiger charge is -2.19. The van der Waals surface area contributed by atoms with Gasteiger partial charge < -0.3 is 19.2 Å². The van der Waals surface area contributed by atoms with Crippen LogP contribution in [0.1, 0.15) is 35.5 Å². The third kappa shape index (κ3) is 2.49. The van der Waals surface area contributed by atoms with Crippen LogP contribution >= 0.6 is 0 Å². The maximum absolute atomic E-state index is 14.6. The number of furan rings is 1. The lowest BCUT2D eigenvalue weighted by Crippen LogP contribution is -2.11. The van der Waals surface area contributed by atoms with Gasteiger partial charge >= 0.3 is 0 Å². The molecule has 2 aromatic heterocycles. The molecule has 2 atom stereocenters. The van der Waals surface area contributed by atoms with Gasteiger partial charge in [0.15, 0.2) is 0 Å². The van der Waals surface area contributed by atoms with E-state index in [0.29, 0.717) is 23.2 Å². The molecule has 4 aromatic rings. The van der Waals surface area contributed by atoms with E-state index in [2.05, 4.69) is 4.98 Å². The lowest BCUT2D eigenvalue weighted by atomic mass is 9.95. The number of aliphatic hydroxyl groups excluding tert-OH is 2. The molecule has 0 spiro atoms. The minimum Gasteiger partial charge on any atom is -0.459 e. The van der Waals surface area contributed by atoms with Crippen LogP contribution in [0.4, 0.5) is 4.39 Å². The van der Waals surface area contributed by atoms with E-state index >= 15 is 0 Å². The van der Waals surface area contributed by atoms with Crippen LogP contribution in [0.2, 0.25) is 0 Å². The van der Waals surface area contributed by atoms with Crippen molar-refractivity contribution in [3.63, 3.8) is 0 Å². The Morgan fingerprint density at radius 2 is 2.07 bits per heavy atom. The Kier molecular flexibility index (Phi) is 3.63. The molecule has 0 amide bonds. The summed E-state index contributed by atoms with van der Waals surface area (Å²) in [6.45, 7) is -0.254. The zero-order valence-electron chi connectivity index (χ0n) is 14.3. The van der Waals surface area contributed by atoms with Crippen molar-refractivity contribution in [2.75, 3.05) is 0 Å². The SMILES string of the molecule is OCc1cc2cc(C(O)CC3c4ccccc4-c4cncn43)c(F)cc2o1. The van der Waals surface area contributed by atoms with Gasteiger partial charge in [-0.1, -0.05) is 24.3 Å². The van der Waals surface area contributed by atoms with Gasteiger partial charge in [0.1, 0.15) is 23.8 Å². The smallest absolute Gasteiger partial charge is 0.137 e. The average molecular weight is 364 g/mol. The second kappa shape index (κ2) is 6.04. The first-order valence-corrected chi connectivity index (χ1v) is 8.77. The van der Waals surface area contributed by atoms with Gasteiger partial charge in [-0.25, -0.2) is 9.37 Å². The van der Waals surface area contributed by atoms with Crippen LogP contribution < -0.4 is 0 Å². The average Bonchev–Trinajstić information content (AvgIpc) is 3.36. The normalized spacial score (nSPS) is 16.5. The third-order valence-corrected chi connectivity index (χ3v) is 5.25. The van der Waals surface area contributed by atoms with Crippen LogP contribution in [0.25, 0.3) is 22.2 Å². The van der Waals surface area contributed by atoms with Crippen LogP contribution in [0, 0.1) is 5.82 Å². The molecule has 0 radical (unpaired) electrons. The van der Waals surface area contributed by atoms with E-state index in [1.165, 1.54) is 6.07 Å². The molecule has 3 heterocycles. The zero-order valence-corrected chi connectivity index (χ0v) is 14.3. The molecule has 2 N–H and O–H groups in total. The molecule has 2 aromatic carbocycles. The summed E-state index contributed by atoms with van der Waals surface area (Å²) in [5.74, 6) is -0.158. The number of nitrogens with zero attached hydrogens (tertiary/aromatic N) is 2. The molecule has 0 aliphatic carbocycles. The number of hydrogen-bond donors (Lipinski definition) is 2. The highest BCUT2D eigenvalue weighted by molar-refractivity contribution is 5.79. The van der Waals surface area contributed by atoms with Crippen molar-refractivity contribution >= 4 is 11.0 Å². The highest BCUT2D eigenvalue weighted by Gasteiger charge is 2.31. The number of aliphatic hydroxyl groups is 2. The van der Waals surface area contributed by atoms with Crippen molar-refractivity contribution in [1.29, 1.82) is 0 Å². The number of halogens is 1. The van der Waals surface area contributed by atoms with Crippen LogP contribution in [-0.2, 0) is 6.61 Å². The Balaban J connectivity index is 1.51. The van der Waals surface area contributed by atoms with E-state index in [4.69, 9.17) is 4.42 Å². The summed E-state index contributed by atoms with van der Waals surface area (Å²) in [5.41, 5.74) is 3.77. The summed E-state index contributed by atoms with van der Waals surface area (Å²) in [6, 6.07) is 12.4. The Bertz CT molecular complexity index is 1150. The van der Waals surface area contributed by atoms with Crippen LogP contribution in [0.15, 0.2) is 59.4 Å². The molecule has 0 bridgehead atoms. The van der Waals surface area contributed by atoms with Crippen molar-refractivity contribution in [3.05, 3.63) is 77.7 Å². The maximum Gasteiger partial charge on any atom is 0.137 e. The summed E-state index contributed by atoms with van der Waals surface area (Å²) < 4.78 is 22.0. The predicted octanol–water partition coefficient (Wildman–Crippen LogP) is 3.95. The van der Waals surface area contributed by atoms with Gasteiger partial charge in [-0.3, -0.25) is 0 Å². The number of rotatable bonds is 4. The number of imidazole rings is 1. The van der Waals surface area contributed by atoms with Crippen molar-refractivity contribution < 1.29 is 19.0 Å². The van der Waals surface area contributed by atoms with Crippen LogP contribution in [0.3, 0.4) is 0 Å². The molecule has 27 heavy (non-hydrogen) atoms. The van der Waals surface area contributed by atoms with Crippen molar-refractivity contribution in [2.45, 2.75) is 25.2 Å². The quantitative estimate of drug-likeness (QED) is 0.575. The Morgan fingerprint density at radius 1 is 1.22 bits per heavy atom. The van der Waals surface area contributed by atoms with Crippen molar-refractivity contribution in [3.8, 4) is 11.3 Å². The van der Waals surface area contributed by atoms with Crippen molar-refractivity contribution in [1.82, 2.24) is 9.55 Å². The summed E-state index contributed by atoms with van der Waals surface area (Å²) in [7, 11) is 0. The summed E-state index contributed by atoms with van der Waals surface area (Å²) in [5, 5.41) is 20.7. The molecule has 0 saturated heterocycles. The van der Waals surface area contributed by atoms with E-state index in [-0.39, 0.29) is 18.2 Å². The van der Waals surface area contributed by atoms with Gasteiger partial charge in [0.05, 0.1) is 30.4 Å². The highest BCUT2D eigenvalue weighted by atomic mass is 19.1. The van der Waals surface area contributed by atoms with E-state index in [1.807, 2.05) is 28.8 Å². The Labute approximate surface area is 154 Å². The summed E-state index contributed by atoms with van der Waals surface area (Å²) in [4.78, 5) is 4.21. The summed E-state index contributed by atoms with van der Waals surface area (Å²) >= 11 is 0. The fourth-order valence-corrected chi connectivity index (χ4v) is 3.98. The standard InChI is InChI=1S/C21H17FN2O3/c22-17-7-21-12(5-13(10-25)27-21)6-16(17)20(26)8-18-14-3-1-2-4-15(14)19-9-23-11-24(18)19/h1-7,9,11,18,20,25-26H,8,10H2. The molecule has 5 nitrogen and oxygen atoms in total. The fraction of sp³-hybridized carbons (Fsp3) is 0.190. The van der Waals surface area contributed by atoms with Gasteiger partial charge in [-0.15, -0.1) is 0 Å². The Morgan fingerprint density at radius 3 is 2.93 bits per heavy atom. The predicted molar refractivity (Wildman–Crippen MR) is 97.5 cm³/mol. The minimum absolute atomic E-state index is 0.110. The van der Waals surface area contributed by atoms with E-state index in [1.54, 1.807) is 24.7 Å². The highest BCUT2D eigenvalue weighted by Crippen LogP contribution is 2.43. The van der Waals surface area contributed by atoms with E-state index in [0.717, 1.165) is 16.8 Å². The van der Waals surface area contributed by atoms with Gasteiger partial charge in [0.25, 0.3) is 0 Å². The molecular formula is C21H17FN2O3. The lowest BCUT2D eigenvalue weighted by molar-refractivity contribution is 0.149. The minimum atomic E-state index is -0.992. The van der Waals surface area contributed by atoms with Gasteiger partial charge in [0.2, 0.25) is 0 Å². The first kappa shape index (κ1) is 16.2. The molecule has 0 fully saturated rings. The number of fused-ring (bicyclic) bond motifs is 4. The first-order chi connectivity index (χ1) is 13.2. The molecule has 0 saturated carbocycles. The second-order valence-corrected chi connectivity index (χ2v) is 6.82. The van der Waals surface area contributed by atoms with E-state index < -0.39 is 11.9 Å². The molecular weight excluding hydrogens is 347 g/mol. The van der Waals surface area contributed by atoms with Gasteiger partial charge in [-0.05, 0) is 17.7 Å². The van der Waals surface area contributed by atoms with E-state index in [9.17, 15) is 14.6 Å². The largest absolute Gasteiger partial charge is 0.459 e. The molecule has 5 rings (SSSR count). The summed E-state index contributed by atoms with van der Waals surface area (Å²) in [6.07, 6.45) is 2.89. The second-order valence-electron chi connectivity index (χ2n) is 6.82. The Hall–Kier alpha value is -2.96. The zero-order chi connectivity index (χ0) is 18.5. The fourth-order valence-electron chi connectivity index (χ4n) is 3.98. The molecule has 1 aliphatic heterocycles. The van der Waals surface area contributed by atoms with Gasteiger partial charge in [-0.2, -0.15) is 0 Å². The maximum atomic E-state index is 14.6. The van der Waals surface area contributed by atoms with Crippen LogP contribution in [-0.4, -0.2) is 19.8 Å². The molecule has 136 valence electrons. The van der Waals surface area contributed by atoms with Gasteiger partial charge in [0, 0.05) is 29.0 Å². The number of aromatic nitrogens is 2.